The average molecular weight is 376 g/mol. The Bertz CT molecular complexity index is 1340. The second kappa shape index (κ2) is 5.66. The first-order chi connectivity index (χ1) is 13.1. The molecule has 0 bridgehead atoms. The first kappa shape index (κ1) is 16.0. The molecule has 132 valence electrons. The fourth-order valence-corrected chi connectivity index (χ4v) is 3.82. The van der Waals surface area contributed by atoms with Crippen molar-refractivity contribution in [1.82, 2.24) is 19.3 Å². The van der Waals surface area contributed by atoms with Crippen molar-refractivity contribution in [3.05, 3.63) is 63.3 Å². The fourth-order valence-electron chi connectivity index (χ4n) is 3.62. The van der Waals surface area contributed by atoms with Crippen LogP contribution in [-0.4, -0.2) is 19.3 Å². The minimum atomic E-state index is -0.214. The van der Waals surface area contributed by atoms with E-state index in [4.69, 9.17) is 11.6 Å². The smallest absolute Gasteiger partial charge is 0.274 e. The maximum Gasteiger partial charge on any atom is 0.284 e. The lowest BCUT2D eigenvalue weighted by Crippen LogP contribution is -2.21. The average Bonchev–Trinajstić information content (AvgIpc) is 3.43. The molecule has 0 unspecified atom stereocenters. The lowest BCUT2D eigenvalue weighted by atomic mass is 10.1. The Balaban J connectivity index is 2.00. The maximum atomic E-state index is 13.4. The van der Waals surface area contributed by atoms with Crippen LogP contribution in [0.4, 0.5) is 0 Å². The molecular formula is C20H14ClN5O. The van der Waals surface area contributed by atoms with E-state index in [0.29, 0.717) is 32.9 Å². The number of aromatic nitrogens is 4. The normalized spacial score (nSPS) is 14.0. The van der Waals surface area contributed by atoms with Crippen molar-refractivity contribution in [2.45, 2.75) is 18.8 Å². The van der Waals surface area contributed by atoms with E-state index in [0.717, 1.165) is 29.6 Å². The van der Waals surface area contributed by atoms with E-state index < -0.39 is 0 Å². The van der Waals surface area contributed by atoms with E-state index in [1.807, 2.05) is 12.1 Å². The van der Waals surface area contributed by atoms with Crippen molar-refractivity contribution in [2.75, 3.05) is 0 Å². The summed E-state index contributed by atoms with van der Waals surface area (Å²) in [5.41, 5.74) is 2.84. The van der Waals surface area contributed by atoms with E-state index in [2.05, 4.69) is 16.2 Å². The molecule has 0 aliphatic heterocycles. The number of hydrogen-bond acceptors (Lipinski definition) is 4. The minimum Gasteiger partial charge on any atom is -0.274 e. The monoisotopic (exact) mass is 375 g/mol. The third-order valence-electron chi connectivity index (χ3n) is 4.99. The predicted molar refractivity (Wildman–Crippen MR) is 103 cm³/mol. The van der Waals surface area contributed by atoms with Crippen molar-refractivity contribution >= 4 is 33.4 Å². The molecule has 4 aromatic rings. The van der Waals surface area contributed by atoms with Gasteiger partial charge in [-0.1, -0.05) is 11.6 Å². The van der Waals surface area contributed by atoms with E-state index in [1.54, 1.807) is 40.8 Å². The maximum absolute atomic E-state index is 13.4. The molecule has 0 saturated heterocycles. The summed E-state index contributed by atoms with van der Waals surface area (Å²) in [7, 11) is 1.77. The van der Waals surface area contributed by atoms with Gasteiger partial charge in [-0.05, 0) is 37.1 Å². The fraction of sp³-hybridized carbons (Fsp3) is 0.200. The summed E-state index contributed by atoms with van der Waals surface area (Å²) in [5.74, 6) is 0.372. The lowest BCUT2D eigenvalue weighted by Gasteiger charge is -2.15. The molecule has 0 radical (unpaired) electrons. The second-order valence-electron chi connectivity index (χ2n) is 6.85. The molecule has 1 saturated carbocycles. The van der Waals surface area contributed by atoms with Crippen molar-refractivity contribution in [2.24, 2.45) is 7.05 Å². The number of rotatable bonds is 2. The molecular weight excluding hydrogens is 362 g/mol. The summed E-state index contributed by atoms with van der Waals surface area (Å²) in [6, 6.07) is 9.26. The van der Waals surface area contributed by atoms with Gasteiger partial charge in [-0.25, -0.2) is 0 Å². The van der Waals surface area contributed by atoms with Crippen LogP contribution < -0.4 is 5.56 Å². The van der Waals surface area contributed by atoms with Gasteiger partial charge in [-0.2, -0.15) is 10.4 Å². The van der Waals surface area contributed by atoms with Gasteiger partial charge >= 0.3 is 0 Å². The molecule has 1 aliphatic rings. The van der Waals surface area contributed by atoms with Crippen LogP contribution in [0, 0.1) is 11.3 Å². The highest BCUT2D eigenvalue weighted by atomic mass is 35.5. The van der Waals surface area contributed by atoms with Gasteiger partial charge in [0.2, 0.25) is 0 Å². The Morgan fingerprint density at radius 3 is 2.85 bits per heavy atom. The summed E-state index contributed by atoms with van der Waals surface area (Å²) >= 11 is 6.31. The standard InChI is InChI=1S/C20H14ClN5O/c1-25-10-14-13-7-12(9-22)15(21)8-17(13)26(20(27)19(14)24-25)16-3-2-6-23-18(16)11-4-5-11/h2-3,6-8,10-11H,4-5H2,1H3. The molecule has 1 aromatic carbocycles. The minimum absolute atomic E-state index is 0.214. The zero-order valence-electron chi connectivity index (χ0n) is 14.5. The van der Waals surface area contributed by atoms with E-state index >= 15 is 0 Å². The van der Waals surface area contributed by atoms with Crippen LogP contribution in [-0.2, 0) is 7.05 Å². The predicted octanol–water partition coefficient (Wildman–Crippen LogP) is 3.67. The van der Waals surface area contributed by atoms with E-state index in [9.17, 15) is 10.1 Å². The summed E-state index contributed by atoms with van der Waals surface area (Å²) in [6.07, 6.45) is 5.69. The highest BCUT2D eigenvalue weighted by Crippen LogP contribution is 2.42. The quantitative estimate of drug-likeness (QED) is 0.535. The van der Waals surface area contributed by atoms with Crippen LogP contribution in [0.2, 0.25) is 5.02 Å². The Hall–Kier alpha value is -3.17. The van der Waals surface area contributed by atoms with Gasteiger partial charge in [0.25, 0.3) is 5.56 Å². The summed E-state index contributed by atoms with van der Waals surface area (Å²) in [4.78, 5) is 17.9. The Labute approximate surface area is 159 Å². The van der Waals surface area contributed by atoms with Crippen LogP contribution in [0.3, 0.4) is 0 Å². The number of benzene rings is 1. The number of pyridine rings is 2. The molecule has 27 heavy (non-hydrogen) atoms. The Kier molecular flexibility index (Phi) is 3.36. The first-order valence-corrected chi connectivity index (χ1v) is 9.03. The SMILES string of the molecule is Cn1cc2c(n1)c(=O)n(-c1cccnc1C1CC1)c1cc(Cl)c(C#N)cc21. The highest BCUT2D eigenvalue weighted by Gasteiger charge is 2.29. The summed E-state index contributed by atoms with van der Waals surface area (Å²) < 4.78 is 3.25. The zero-order chi connectivity index (χ0) is 18.7. The summed E-state index contributed by atoms with van der Waals surface area (Å²) in [5, 5.41) is 15.5. The molecule has 0 N–H and O–H groups in total. The second-order valence-corrected chi connectivity index (χ2v) is 7.26. The van der Waals surface area contributed by atoms with Crippen LogP contribution in [0.25, 0.3) is 27.5 Å². The molecule has 0 spiro atoms. The highest BCUT2D eigenvalue weighted by molar-refractivity contribution is 6.32. The van der Waals surface area contributed by atoms with Gasteiger partial charge in [-0.3, -0.25) is 19.0 Å². The van der Waals surface area contributed by atoms with Crippen molar-refractivity contribution in [1.29, 1.82) is 5.26 Å². The van der Waals surface area contributed by atoms with Gasteiger partial charge in [0.1, 0.15) is 6.07 Å². The number of halogens is 1. The summed E-state index contributed by atoms with van der Waals surface area (Å²) in [6.45, 7) is 0. The van der Waals surface area contributed by atoms with E-state index in [-0.39, 0.29) is 5.56 Å². The van der Waals surface area contributed by atoms with Gasteiger partial charge in [0.05, 0.1) is 27.5 Å². The number of nitrogens with zero attached hydrogens (tertiary/aromatic N) is 5. The van der Waals surface area contributed by atoms with Crippen molar-refractivity contribution < 1.29 is 0 Å². The Morgan fingerprint density at radius 1 is 1.30 bits per heavy atom. The van der Waals surface area contributed by atoms with Gasteiger partial charge in [0, 0.05) is 36.1 Å². The van der Waals surface area contributed by atoms with Gasteiger partial charge in [-0.15, -0.1) is 0 Å². The zero-order valence-corrected chi connectivity index (χ0v) is 15.2. The molecule has 0 atom stereocenters. The third-order valence-corrected chi connectivity index (χ3v) is 5.31. The number of nitriles is 1. The van der Waals surface area contributed by atoms with E-state index in [1.165, 1.54) is 0 Å². The molecule has 3 aromatic heterocycles. The molecule has 5 rings (SSSR count). The van der Waals surface area contributed by atoms with Crippen LogP contribution >= 0.6 is 11.6 Å². The van der Waals surface area contributed by atoms with Crippen LogP contribution in [0.15, 0.2) is 41.5 Å². The van der Waals surface area contributed by atoms with Crippen molar-refractivity contribution in [3.8, 4) is 11.8 Å². The molecule has 0 amide bonds. The molecule has 6 nitrogen and oxygen atoms in total. The molecule has 3 heterocycles. The molecule has 1 aliphatic carbocycles. The number of hydrogen-bond donors (Lipinski definition) is 0. The number of aryl methyl sites for hydroxylation is 1. The first-order valence-electron chi connectivity index (χ1n) is 8.65. The molecule has 7 heteroatoms. The molecule has 1 fully saturated rings. The lowest BCUT2D eigenvalue weighted by molar-refractivity contribution is 0.777. The van der Waals surface area contributed by atoms with Gasteiger partial charge in [0.15, 0.2) is 5.52 Å². The van der Waals surface area contributed by atoms with Crippen LogP contribution in [0.5, 0.6) is 0 Å². The van der Waals surface area contributed by atoms with Gasteiger partial charge < -0.3 is 0 Å². The van der Waals surface area contributed by atoms with Crippen molar-refractivity contribution in [3.63, 3.8) is 0 Å². The van der Waals surface area contributed by atoms with Crippen LogP contribution in [0.1, 0.15) is 30.0 Å². The largest absolute Gasteiger partial charge is 0.284 e. The topological polar surface area (TPSA) is 76.5 Å². The Morgan fingerprint density at radius 2 is 2.11 bits per heavy atom. The number of fused-ring (bicyclic) bond motifs is 3. The third kappa shape index (κ3) is 2.36.